The fourth-order valence-corrected chi connectivity index (χ4v) is 3.14. The van der Waals surface area contributed by atoms with Crippen LogP contribution in [-0.2, 0) is 6.42 Å². The van der Waals surface area contributed by atoms with Gasteiger partial charge in [0.15, 0.2) is 5.96 Å². The summed E-state index contributed by atoms with van der Waals surface area (Å²) in [6.07, 6.45) is 5.34. The van der Waals surface area contributed by atoms with E-state index in [1.54, 1.807) is 0 Å². The van der Waals surface area contributed by atoms with E-state index in [0.29, 0.717) is 11.2 Å². The van der Waals surface area contributed by atoms with Gasteiger partial charge in [0, 0.05) is 25.3 Å². The Kier molecular flexibility index (Phi) is 11.5. The standard InChI is InChI=1S/C19H32ClN5.HI/c1-4-21-19(22-10-7-17-5-6-18(20)23-14-17)24-13-16(3)25-11-8-15(2)9-12-25;/h5-6,14-16H,4,7-13H2,1-3H3,(H2,21,22,24);1H. The average molecular weight is 494 g/mol. The van der Waals surface area contributed by atoms with Crippen LogP contribution in [-0.4, -0.2) is 54.6 Å². The van der Waals surface area contributed by atoms with Gasteiger partial charge in [-0.3, -0.25) is 9.89 Å². The molecule has 2 heterocycles. The van der Waals surface area contributed by atoms with Gasteiger partial charge < -0.3 is 10.6 Å². The number of aliphatic imine (C=N–C) groups is 1. The third-order valence-corrected chi connectivity index (χ3v) is 5.02. The number of aromatic nitrogens is 1. The number of nitrogens with zero attached hydrogens (tertiary/aromatic N) is 3. The zero-order chi connectivity index (χ0) is 18.1. The molecule has 1 unspecified atom stereocenters. The maximum absolute atomic E-state index is 5.82. The van der Waals surface area contributed by atoms with Gasteiger partial charge >= 0.3 is 0 Å². The van der Waals surface area contributed by atoms with Crippen molar-refractivity contribution in [2.45, 2.75) is 46.1 Å². The Hall–Kier alpha value is -0.600. The topological polar surface area (TPSA) is 52.6 Å². The van der Waals surface area contributed by atoms with Gasteiger partial charge in [-0.2, -0.15) is 0 Å². The summed E-state index contributed by atoms with van der Waals surface area (Å²) in [6, 6.07) is 4.33. The van der Waals surface area contributed by atoms with E-state index < -0.39 is 0 Å². The zero-order valence-corrected chi connectivity index (χ0v) is 19.3. The Bertz CT molecular complexity index is 529. The second-order valence-electron chi connectivity index (χ2n) is 6.95. The lowest BCUT2D eigenvalue weighted by Crippen LogP contribution is -2.43. The van der Waals surface area contributed by atoms with E-state index in [0.717, 1.165) is 37.9 Å². The summed E-state index contributed by atoms with van der Waals surface area (Å²) in [6.45, 7) is 11.6. The van der Waals surface area contributed by atoms with Crippen molar-refractivity contribution >= 4 is 41.5 Å². The van der Waals surface area contributed by atoms with Crippen LogP contribution in [0.4, 0.5) is 0 Å². The van der Waals surface area contributed by atoms with Crippen molar-refractivity contribution in [3.05, 3.63) is 29.0 Å². The van der Waals surface area contributed by atoms with Crippen LogP contribution < -0.4 is 10.6 Å². The molecule has 0 bridgehead atoms. The molecule has 7 heteroatoms. The summed E-state index contributed by atoms with van der Waals surface area (Å²) in [5, 5.41) is 7.27. The molecule has 0 aliphatic carbocycles. The fourth-order valence-electron chi connectivity index (χ4n) is 3.03. The lowest BCUT2D eigenvalue weighted by atomic mass is 9.98. The first-order valence-electron chi connectivity index (χ1n) is 9.45. The second-order valence-corrected chi connectivity index (χ2v) is 7.34. The first kappa shape index (κ1) is 23.4. The SMILES string of the molecule is CCNC(=NCC(C)N1CCC(C)CC1)NCCc1ccc(Cl)nc1.I. The highest BCUT2D eigenvalue weighted by Crippen LogP contribution is 2.17. The van der Waals surface area contributed by atoms with Crippen LogP contribution in [0, 0.1) is 5.92 Å². The van der Waals surface area contributed by atoms with E-state index in [1.165, 1.54) is 31.5 Å². The molecule has 0 saturated carbocycles. The van der Waals surface area contributed by atoms with E-state index in [1.807, 2.05) is 18.3 Å². The molecular formula is C19H33ClIN5. The summed E-state index contributed by atoms with van der Waals surface area (Å²) >= 11 is 5.82. The fraction of sp³-hybridized carbons (Fsp3) is 0.684. The van der Waals surface area contributed by atoms with Crippen LogP contribution in [0.1, 0.15) is 39.2 Å². The average Bonchev–Trinajstić information content (AvgIpc) is 2.61. The highest BCUT2D eigenvalue weighted by molar-refractivity contribution is 14.0. The monoisotopic (exact) mass is 493 g/mol. The van der Waals surface area contributed by atoms with Crippen LogP contribution in [0.5, 0.6) is 0 Å². The van der Waals surface area contributed by atoms with Gasteiger partial charge in [0.1, 0.15) is 5.15 Å². The summed E-state index contributed by atoms with van der Waals surface area (Å²) < 4.78 is 0. The molecule has 0 radical (unpaired) electrons. The summed E-state index contributed by atoms with van der Waals surface area (Å²) in [4.78, 5) is 11.4. The maximum Gasteiger partial charge on any atom is 0.191 e. The molecule has 2 rings (SSSR count). The largest absolute Gasteiger partial charge is 0.357 e. The Labute approximate surface area is 180 Å². The molecule has 5 nitrogen and oxygen atoms in total. The minimum atomic E-state index is 0. The van der Waals surface area contributed by atoms with Gasteiger partial charge in [-0.25, -0.2) is 4.98 Å². The van der Waals surface area contributed by atoms with Gasteiger partial charge in [0.2, 0.25) is 0 Å². The first-order valence-corrected chi connectivity index (χ1v) is 9.83. The number of nitrogens with one attached hydrogen (secondary N) is 2. The van der Waals surface area contributed by atoms with Crippen molar-refractivity contribution in [1.29, 1.82) is 0 Å². The Morgan fingerprint density at radius 1 is 1.35 bits per heavy atom. The molecule has 0 amide bonds. The van der Waals surface area contributed by atoms with Crippen molar-refractivity contribution in [3.8, 4) is 0 Å². The van der Waals surface area contributed by atoms with Gasteiger partial charge in [-0.05, 0) is 63.7 Å². The van der Waals surface area contributed by atoms with E-state index in [2.05, 4.69) is 41.3 Å². The van der Waals surface area contributed by atoms with E-state index in [9.17, 15) is 0 Å². The Balaban J connectivity index is 0.00000338. The molecule has 0 spiro atoms. The highest BCUT2D eigenvalue weighted by atomic mass is 127. The third kappa shape index (κ3) is 8.39. The normalized spacial score (nSPS) is 17.5. The summed E-state index contributed by atoms with van der Waals surface area (Å²) in [7, 11) is 0. The minimum absolute atomic E-state index is 0. The number of halogens is 2. The quantitative estimate of drug-likeness (QED) is 0.264. The van der Waals surface area contributed by atoms with Crippen molar-refractivity contribution < 1.29 is 0 Å². The van der Waals surface area contributed by atoms with Crippen molar-refractivity contribution in [2.24, 2.45) is 10.9 Å². The number of piperidine rings is 1. The summed E-state index contributed by atoms with van der Waals surface area (Å²) in [5.41, 5.74) is 1.17. The van der Waals surface area contributed by atoms with Crippen molar-refractivity contribution in [1.82, 2.24) is 20.5 Å². The molecule has 1 aliphatic rings. The maximum atomic E-state index is 5.82. The van der Waals surface area contributed by atoms with Crippen LogP contribution in [0.3, 0.4) is 0 Å². The van der Waals surface area contributed by atoms with Gasteiger partial charge in [-0.15, -0.1) is 24.0 Å². The van der Waals surface area contributed by atoms with E-state index in [4.69, 9.17) is 16.6 Å². The third-order valence-electron chi connectivity index (χ3n) is 4.79. The Morgan fingerprint density at radius 3 is 2.69 bits per heavy atom. The van der Waals surface area contributed by atoms with Crippen molar-refractivity contribution in [3.63, 3.8) is 0 Å². The van der Waals surface area contributed by atoms with Crippen LogP contribution in [0.15, 0.2) is 23.3 Å². The molecule has 1 aromatic rings. The Morgan fingerprint density at radius 2 is 2.08 bits per heavy atom. The molecule has 0 aromatic carbocycles. The van der Waals surface area contributed by atoms with Crippen LogP contribution in [0.2, 0.25) is 5.15 Å². The van der Waals surface area contributed by atoms with E-state index in [-0.39, 0.29) is 24.0 Å². The highest BCUT2D eigenvalue weighted by Gasteiger charge is 2.19. The second kappa shape index (κ2) is 12.7. The molecule has 148 valence electrons. The predicted molar refractivity (Wildman–Crippen MR) is 122 cm³/mol. The number of rotatable bonds is 7. The molecule has 2 N–H and O–H groups in total. The molecule has 26 heavy (non-hydrogen) atoms. The first-order chi connectivity index (χ1) is 12.1. The predicted octanol–water partition coefficient (Wildman–Crippen LogP) is 3.57. The molecule has 1 atom stereocenters. The van der Waals surface area contributed by atoms with Gasteiger partial charge in [-0.1, -0.05) is 24.6 Å². The number of guanidine groups is 1. The lowest BCUT2D eigenvalue weighted by molar-refractivity contribution is 0.150. The van der Waals surface area contributed by atoms with Crippen LogP contribution >= 0.6 is 35.6 Å². The van der Waals surface area contributed by atoms with Crippen molar-refractivity contribution in [2.75, 3.05) is 32.7 Å². The number of hydrogen-bond acceptors (Lipinski definition) is 3. The minimum Gasteiger partial charge on any atom is -0.357 e. The molecule has 1 aromatic heterocycles. The molecule has 1 aliphatic heterocycles. The number of likely N-dealkylation sites (tertiary alicyclic amines) is 1. The number of pyridine rings is 1. The van der Waals surface area contributed by atoms with Crippen LogP contribution in [0.25, 0.3) is 0 Å². The molecule has 1 fully saturated rings. The summed E-state index contributed by atoms with van der Waals surface area (Å²) in [5.74, 6) is 1.76. The zero-order valence-electron chi connectivity index (χ0n) is 16.2. The smallest absolute Gasteiger partial charge is 0.191 e. The number of hydrogen-bond donors (Lipinski definition) is 2. The molecular weight excluding hydrogens is 461 g/mol. The lowest BCUT2D eigenvalue weighted by Gasteiger charge is -2.34. The van der Waals surface area contributed by atoms with E-state index >= 15 is 0 Å². The van der Waals surface area contributed by atoms with Gasteiger partial charge in [0.25, 0.3) is 0 Å². The molecule has 1 saturated heterocycles. The van der Waals surface area contributed by atoms with Gasteiger partial charge in [0.05, 0.1) is 6.54 Å².